The van der Waals surface area contributed by atoms with Gasteiger partial charge in [0.2, 0.25) is 5.91 Å². The molecule has 1 fully saturated rings. The van der Waals surface area contributed by atoms with Gasteiger partial charge in [-0.05, 0) is 19.3 Å². The summed E-state index contributed by atoms with van der Waals surface area (Å²) in [6.45, 7) is 4.81. The molecular weight excluding hydrogens is 450 g/mol. The molecule has 1 aliphatic heterocycles. The lowest BCUT2D eigenvalue weighted by Gasteiger charge is -2.18. The lowest BCUT2D eigenvalue weighted by molar-refractivity contribution is -0.153. The molecule has 1 aliphatic rings. The van der Waals surface area contributed by atoms with E-state index in [2.05, 4.69) is 19.2 Å². The van der Waals surface area contributed by atoms with E-state index >= 15 is 0 Å². The van der Waals surface area contributed by atoms with Crippen molar-refractivity contribution >= 4 is 17.7 Å². The van der Waals surface area contributed by atoms with E-state index in [-0.39, 0.29) is 11.7 Å². The lowest BCUT2D eigenvalue weighted by atomic mass is 9.91. The van der Waals surface area contributed by atoms with Gasteiger partial charge in [0.15, 0.2) is 5.78 Å². The fraction of sp³-hybridized carbons (Fsp3) is 0.903. The second-order valence-electron chi connectivity index (χ2n) is 10.9. The molecule has 36 heavy (non-hydrogen) atoms. The van der Waals surface area contributed by atoms with E-state index in [1.807, 2.05) is 0 Å². The van der Waals surface area contributed by atoms with E-state index in [9.17, 15) is 14.4 Å². The number of rotatable bonds is 25. The molecule has 1 saturated heterocycles. The molecule has 1 N–H and O–H groups in total. The van der Waals surface area contributed by atoms with Gasteiger partial charge < -0.3 is 10.1 Å². The highest BCUT2D eigenvalue weighted by Crippen LogP contribution is 2.20. The largest absolute Gasteiger partial charge is 0.465 e. The Balaban J connectivity index is 2.05. The summed E-state index contributed by atoms with van der Waals surface area (Å²) in [7, 11) is 0. The van der Waals surface area contributed by atoms with Gasteiger partial charge >= 0.3 is 5.97 Å². The van der Waals surface area contributed by atoms with Gasteiger partial charge in [-0.15, -0.1) is 0 Å². The Morgan fingerprint density at radius 1 is 0.722 bits per heavy atom. The van der Waals surface area contributed by atoms with Gasteiger partial charge in [0.25, 0.3) is 0 Å². The van der Waals surface area contributed by atoms with E-state index in [0.29, 0.717) is 25.9 Å². The van der Waals surface area contributed by atoms with Crippen LogP contribution in [-0.4, -0.2) is 30.3 Å². The topological polar surface area (TPSA) is 72.5 Å². The molecular formula is C31H57NO4. The molecule has 1 rings (SSSR count). The van der Waals surface area contributed by atoms with Crippen LogP contribution >= 0.6 is 0 Å². The molecule has 0 aromatic heterocycles. The molecule has 0 radical (unpaired) electrons. The van der Waals surface area contributed by atoms with Crippen LogP contribution in [0.3, 0.4) is 0 Å². The van der Waals surface area contributed by atoms with Crippen LogP contribution in [0.2, 0.25) is 0 Å². The molecule has 1 amide bonds. The van der Waals surface area contributed by atoms with Gasteiger partial charge in [-0.1, -0.05) is 136 Å². The molecule has 5 nitrogen and oxygen atoms in total. The standard InChI is InChI=1S/C31H57NO4/c1-3-5-7-9-10-11-12-13-14-15-16-17-18-19-20-22-26-36-31(35)27(23-21-8-6-4-2)30(34)28-24-25-29(33)32-28/h27-28H,3-26H2,1-2H3,(H,32,33)/t27?,28-/m0/s1. The zero-order valence-corrected chi connectivity index (χ0v) is 23.8. The van der Waals surface area contributed by atoms with Crippen molar-refractivity contribution in [2.24, 2.45) is 5.92 Å². The minimum absolute atomic E-state index is 0.0976. The number of hydrogen-bond donors (Lipinski definition) is 1. The summed E-state index contributed by atoms with van der Waals surface area (Å²) in [6.07, 6.45) is 26.4. The first-order valence-corrected chi connectivity index (χ1v) is 15.6. The number of carbonyl (C=O) groups is 3. The second kappa shape index (κ2) is 22.8. The van der Waals surface area contributed by atoms with Crippen molar-refractivity contribution in [2.45, 2.75) is 168 Å². The maximum atomic E-state index is 12.9. The van der Waals surface area contributed by atoms with Gasteiger partial charge in [0.1, 0.15) is 5.92 Å². The first-order valence-electron chi connectivity index (χ1n) is 15.6. The van der Waals surface area contributed by atoms with E-state index in [0.717, 1.165) is 38.5 Å². The Morgan fingerprint density at radius 2 is 1.17 bits per heavy atom. The third kappa shape index (κ3) is 16.4. The van der Waals surface area contributed by atoms with Gasteiger partial charge in [-0.3, -0.25) is 14.4 Å². The predicted molar refractivity (Wildman–Crippen MR) is 149 cm³/mol. The summed E-state index contributed by atoms with van der Waals surface area (Å²) in [4.78, 5) is 37.1. The monoisotopic (exact) mass is 507 g/mol. The fourth-order valence-electron chi connectivity index (χ4n) is 5.15. The number of nitrogens with one attached hydrogen (secondary N) is 1. The van der Waals surface area contributed by atoms with Crippen molar-refractivity contribution in [1.29, 1.82) is 0 Å². The first kappa shape index (κ1) is 32.6. The van der Waals surface area contributed by atoms with Crippen molar-refractivity contribution in [3.05, 3.63) is 0 Å². The molecule has 0 aromatic carbocycles. The van der Waals surface area contributed by atoms with E-state index in [4.69, 9.17) is 4.74 Å². The highest BCUT2D eigenvalue weighted by atomic mass is 16.5. The summed E-state index contributed by atoms with van der Waals surface area (Å²) in [5.74, 6) is -1.38. The van der Waals surface area contributed by atoms with E-state index in [1.54, 1.807) is 0 Å². The number of hydrogen-bond acceptors (Lipinski definition) is 4. The summed E-state index contributed by atoms with van der Waals surface area (Å²) < 4.78 is 5.52. The third-order valence-corrected chi connectivity index (χ3v) is 7.56. The number of amides is 1. The van der Waals surface area contributed by atoms with Gasteiger partial charge in [0, 0.05) is 6.42 Å². The van der Waals surface area contributed by atoms with Crippen molar-refractivity contribution in [3.8, 4) is 0 Å². The summed E-state index contributed by atoms with van der Waals surface area (Å²) in [5, 5.41) is 2.72. The van der Waals surface area contributed by atoms with E-state index in [1.165, 1.54) is 89.9 Å². The second-order valence-corrected chi connectivity index (χ2v) is 10.9. The molecule has 0 aliphatic carbocycles. The Bertz CT molecular complexity index is 577. The number of esters is 1. The van der Waals surface area contributed by atoms with Crippen molar-refractivity contribution in [3.63, 3.8) is 0 Å². The van der Waals surface area contributed by atoms with Crippen LogP contribution in [0.25, 0.3) is 0 Å². The molecule has 2 atom stereocenters. The van der Waals surface area contributed by atoms with Crippen LogP contribution in [0.1, 0.15) is 162 Å². The summed E-state index contributed by atoms with van der Waals surface area (Å²) in [6, 6.07) is -0.517. The Hall–Kier alpha value is -1.39. The Morgan fingerprint density at radius 3 is 1.61 bits per heavy atom. The van der Waals surface area contributed by atoms with Crippen LogP contribution in [-0.2, 0) is 19.1 Å². The highest BCUT2D eigenvalue weighted by Gasteiger charge is 2.36. The first-order chi connectivity index (χ1) is 17.6. The Kier molecular flexibility index (Phi) is 20.7. The predicted octanol–water partition coefficient (Wildman–Crippen LogP) is 8.23. The van der Waals surface area contributed by atoms with Crippen molar-refractivity contribution < 1.29 is 19.1 Å². The zero-order chi connectivity index (χ0) is 26.3. The zero-order valence-electron chi connectivity index (χ0n) is 23.8. The summed E-state index contributed by atoms with van der Waals surface area (Å²) in [5.41, 5.74) is 0. The fourth-order valence-corrected chi connectivity index (χ4v) is 5.15. The minimum Gasteiger partial charge on any atom is -0.465 e. The molecule has 5 heteroatoms. The van der Waals surface area contributed by atoms with Gasteiger partial charge in [0.05, 0.1) is 12.6 Å². The smallest absolute Gasteiger partial charge is 0.316 e. The molecule has 1 heterocycles. The Labute approximate surface area is 222 Å². The number of ketones is 1. The molecule has 0 bridgehead atoms. The SMILES string of the molecule is CCCCCCCCCCCCCCCCCCOC(=O)C(CCCCCC)C(=O)[C@@H]1CCC(=O)N1. The minimum atomic E-state index is -0.730. The van der Waals surface area contributed by atoms with Crippen LogP contribution < -0.4 is 5.32 Å². The number of ether oxygens (including phenoxy) is 1. The number of Topliss-reactive ketones (excluding diaryl/α,β-unsaturated/α-hetero) is 1. The average Bonchev–Trinajstić information content (AvgIpc) is 3.31. The highest BCUT2D eigenvalue weighted by molar-refractivity contribution is 6.04. The maximum absolute atomic E-state index is 12.9. The normalized spacial score (nSPS) is 16.2. The van der Waals surface area contributed by atoms with Crippen molar-refractivity contribution in [2.75, 3.05) is 6.61 Å². The van der Waals surface area contributed by atoms with Crippen LogP contribution in [0.15, 0.2) is 0 Å². The quantitative estimate of drug-likeness (QED) is 0.0767. The van der Waals surface area contributed by atoms with Crippen LogP contribution in [0, 0.1) is 5.92 Å². The summed E-state index contributed by atoms with van der Waals surface area (Å²) >= 11 is 0. The third-order valence-electron chi connectivity index (χ3n) is 7.56. The molecule has 1 unspecified atom stereocenters. The number of carbonyl (C=O) groups excluding carboxylic acids is 3. The van der Waals surface area contributed by atoms with Crippen molar-refractivity contribution in [1.82, 2.24) is 5.32 Å². The van der Waals surface area contributed by atoms with E-state index < -0.39 is 17.9 Å². The average molecular weight is 508 g/mol. The maximum Gasteiger partial charge on any atom is 0.316 e. The van der Waals surface area contributed by atoms with Crippen LogP contribution in [0.4, 0.5) is 0 Å². The number of unbranched alkanes of at least 4 members (excludes halogenated alkanes) is 18. The molecule has 0 aromatic rings. The van der Waals surface area contributed by atoms with Gasteiger partial charge in [-0.25, -0.2) is 0 Å². The molecule has 0 spiro atoms. The lowest BCUT2D eigenvalue weighted by Crippen LogP contribution is -2.40. The van der Waals surface area contributed by atoms with Gasteiger partial charge in [-0.2, -0.15) is 0 Å². The molecule has 210 valence electrons. The molecule has 0 saturated carbocycles. The van der Waals surface area contributed by atoms with Crippen LogP contribution in [0.5, 0.6) is 0 Å².